The summed E-state index contributed by atoms with van der Waals surface area (Å²) in [6.45, 7) is 0. The van der Waals surface area contributed by atoms with Crippen molar-refractivity contribution in [2.24, 2.45) is 0 Å². The second-order valence-corrected chi connectivity index (χ2v) is 2.66. The second kappa shape index (κ2) is 4.06. The molecule has 51 valence electrons. The molecule has 0 aliphatic heterocycles. The SMILES string of the molecule is O=[C]CSc1ccncc1. The summed E-state index contributed by atoms with van der Waals surface area (Å²) < 4.78 is 0. The first-order chi connectivity index (χ1) is 4.93. The van der Waals surface area contributed by atoms with Gasteiger partial charge >= 0.3 is 0 Å². The molecule has 1 aromatic rings. The Labute approximate surface area is 63.7 Å². The van der Waals surface area contributed by atoms with Crippen LogP contribution in [-0.4, -0.2) is 17.0 Å². The molecule has 3 heteroatoms. The minimum Gasteiger partial charge on any atom is -0.290 e. The topological polar surface area (TPSA) is 30.0 Å². The van der Waals surface area contributed by atoms with Crippen molar-refractivity contribution in [1.29, 1.82) is 0 Å². The van der Waals surface area contributed by atoms with Gasteiger partial charge in [0.25, 0.3) is 0 Å². The fraction of sp³-hybridized carbons (Fsp3) is 0.143. The Bertz CT molecular complexity index is 200. The Morgan fingerprint density at radius 2 is 2.20 bits per heavy atom. The fourth-order valence-corrected chi connectivity index (χ4v) is 1.09. The van der Waals surface area contributed by atoms with E-state index >= 15 is 0 Å². The number of thioether (sulfide) groups is 1. The van der Waals surface area contributed by atoms with Crippen molar-refractivity contribution in [3.63, 3.8) is 0 Å². The van der Waals surface area contributed by atoms with Gasteiger partial charge in [-0.2, -0.15) is 0 Å². The highest BCUT2D eigenvalue weighted by atomic mass is 32.2. The summed E-state index contributed by atoms with van der Waals surface area (Å²) in [5.74, 6) is 0.393. The molecule has 1 aromatic heterocycles. The second-order valence-electron chi connectivity index (χ2n) is 1.62. The summed E-state index contributed by atoms with van der Waals surface area (Å²) in [5.41, 5.74) is 0. The molecule has 0 aliphatic rings. The van der Waals surface area contributed by atoms with Crippen LogP contribution in [0.2, 0.25) is 0 Å². The Morgan fingerprint density at radius 3 is 2.80 bits per heavy atom. The Kier molecular flexibility index (Phi) is 2.96. The first-order valence-electron chi connectivity index (χ1n) is 2.81. The molecule has 0 atom stereocenters. The first kappa shape index (κ1) is 7.28. The van der Waals surface area contributed by atoms with E-state index in [2.05, 4.69) is 4.98 Å². The summed E-state index contributed by atoms with van der Waals surface area (Å²) >= 11 is 1.46. The highest BCUT2D eigenvalue weighted by Crippen LogP contribution is 2.13. The zero-order chi connectivity index (χ0) is 7.23. The van der Waals surface area contributed by atoms with Gasteiger partial charge in [0.15, 0.2) is 0 Å². The lowest BCUT2D eigenvalue weighted by Gasteiger charge is -1.92. The number of aromatic nitrogens is 1. The maximum absolute atomic E-state index is 9.82. The Morgan fingerprint density at radius 1 is 1.50 bits per heavy atom. The summed E-state index contributed by atoms with van der Waals surface area (Å²) in [5, 5.41) is 0. The van der Waals surface area contributed by atoms with Gasteiger partial charge in [-0.25, -0.2) is 0 Å². The van der Waals surface area contributed by atoms with E-state index in [4.69, 9.17) is 0 Å². The molecule has 0 N–H and O–H groups in total. The molecule has 0 unspecified atom stereocenters. The molecular formula is C7H6NOS. The predicted molar refractivity (Wildman–Crippen MR) is 40.7 cm³/mol. The van der Waals surface area contributed by atoms with Gasteiger partial charge < -0.3 is 0 Å². The number of rotatable bonds is 3. The minimum absolute atomic E-state index is 0.393. The van der Waals surface area contributed by atoms with E-state index in [1.165, 1.54) is 11.8 Å². The molecule has 0 aliphatic carbocycles. The van der Waals surface area contributed by atoms with Gasteiger partial charge in [-0.1, -0.05) is 0 Å². The maximum atomic E-state index is 9.82. The van der Waals surface area contributed by atoms with Crippen molar-refractivity contribution < 1.29 is 4.79 Å². The monoisotopic (exact) mass is 152 g/mol. The van der Waals surface area contributed by atoms with E-state index in [1.54, 1.807) is 12.4 Å². The van der Waals surface area contributed by atoms with Crippen molar-refractivity contribution in [2.45, 2.75) is 4.90 Å². The normalized spacial score (nSPS) is 9.20. The van der Waals surface area contributed by atoms with Crippen molar-refractivity contribution in [2.75, 3.05) is 5.75 Å². The van der Waals surface area contributed by atoms with Crippen LogP contribution in [0.25, 0.3) is 0 Å². The molecule has 0 spiro atoms. The van der Waals surface area contributed by atoms with Gasteiger partial charge in [-0.15, -0.1) is 11.8 Å². The molecule has 0 saturated carbocycles. The van der Waals surface area contributed by atoms with E-state index in [0.717, 1.165) is 4.90 Å². The van der Waals surface area contributed by atoms with Crippen LogP contribution < -0.4 is 0 Å². The number of hydrogen-bond acceptors (Lipinski definition) is 3. The highest BCUT2D eigenvalue weighted by Gasteiger charge is 1.89. The van der Waals surface area contributed by atoms with E-state index in [1.807, 2.05) is 18.4 Å². The molecule has 1 rings (SSSR count). The summed E-state index contributed by atoms with van der Waals surface area (Å²) in [7, 11) is 0. The van der Waals surface area contributed by atoms with Crippen molar-refractivity contribution in [1.82, 2.24) is 4.98 Å². The molecule has 0 saturated heterocycles. The third kappa shape index (κ3) is 2.19. The van der Waals surface area contributed by atoms with Crippen LogP contribution in [0.1, 0.15) is 0 Å². The van der Waals surface area contributed by atoms with Crippen LogP contribution in [0.4, 0.5) is 0 Å². The van der Waals surface area contributed by atoms with Crippen LogP contribution in [0, 0.1) is 0 Å². The summed E-state index contributed by atoms with van der Waals surface area (Å²) in [4.78, 5) is 14.7. The van der Waals surface area contributed by atoms with Gasteiger partial charge in [-0.05, 0) is 12.1 Å². The first-order valence-corrected chi connectivity index (χ1v) is 3.80. The largest absolute Gasteiger partial charge is 0.290 e. The standard InChI is InChI=1S/C7H6NOS/c9-5-6-10-7-1-3-8-4-2-7/h1-4H,6H2. The van der Waals surface area contributed by atoms with Gasteiger partial charge in [0.1, 0.15) is 0 Å². The third-order valence-corrected chi connectivity index (χ3v) is 1.82. The zero-order valence-electron chi connectivity index (χ0n) is 5.28. The summed E-state index contributed by atoms with van der Waals surface area (Å²) in [6, 6.07) is 3.73. The van der Waals surface area contributed by atoms with Crippen molar-refractivity contribution in [3.05, 3.63) is 24.5 Å². The molecule has 0 aromatic carbocycles. The van der Waals surface area contributed by atoms with Crippen LogP contribution in [0.5, 0.6) is 0 Å². The van der Waals surface area contributed by atoms with Gasteiger partial charge in [0, 0.05) is 17.3 Å². The number of pyridine rings is 1. The quantitative estimate of drug-likeness (QED) is 0.611. The molecule has 1 heterocycles. The summed E-state index contributed by atoms with van der Waals surface area (Å²) in [6.07, 6.45) is 5.21. The van der Waals surface area contributed by atoms with Gasteiger partial charge in [0.05, 0.1) is 5.75 Å². The van der Waals surface area contributed by atoms with Crippen LogP contribution in [0.15, 0.2) is 29.4 Å². The average Bonchev–Trinajstić information content (AvgIpc) is 2.03. The Hall–Kier alpha value is -0.830. The van der Waals surface area contributed by atoms with Crippen molar-refractivity contribution in [3.8, 4) is 0 Å². The number of nitrogens with zero attached hydrogens (tertiary/aromatic N) is 1. The van der Waals surface area contributed by atoms with Crippen LogP contribution in [0.3, 0.4) is 0 Å². The van der Waals surface area contributed by atoms with Gasteiger partial charge in [-0.3, -0.25) is 9.78 Å². The highest BCUT2D eigenvalue weighted by molar-refractivity contribution is 7.99. The fourth-order valence-electron chi connectivity index (χ4n) is 0.547. The molecule has 1 radical (unpaired) electrons. The number of hydrogen-bond donors (Lipinski definition) is 0. The smallest absolute Gasteiger partial charge is 0.209 e. The van der Waals surface area contributed by atoms with Crippen LogP contribution >= 0.6 is 11.8 Å². The van der Waals surface area contributed by atoms with Crippen molar-refractivity contribution >= 4 is 18.0 Å². The van der Waals surface area contributed by atoms with E-state index < -0.39 is 0 Å². The van der Waals surface area contributed by atoms with Crippen LogP contribution in [-0.2, 0) is 4.79 Å². The molecule has 10 heavy (non-hydrogen) atoms. The molecule has 2 nitrogen and oxygen atoms in total. The van der Waals surface area contributed by atoms with E-state index in [9.17, 15) is 4.79 Å². The van der Waals surface area contributed by atoms with Gasteiger partial charge in [0.2, 0.25) is 6.29 Å². The lowest BCUT2D eigenvalue weighted by molar-refractivity contribution is 0.560. The zero-order valence-corrected chi connectivity index (χ0v) is 6.10. The average molecular weight is 152 g/mol. The van der Waals surface area contributed by atoms with E-state index in [-0.39, 0.29) is 0 Å². The molecule has 0 amide bonds. The molecule has 0 bridgehead atoms. The maximum Gasteiger partial charge on any atom is 0.209 e. The number of carbonyl (C=O) groups excluding carboxylic acids is 1. The third-order valence-electron chi connectivity index (χ3n) is 0.947. The predicted octanol–water partition coefficient (Wildman–Crippen LogP) is 1.28. The Balaban J connectivity index is 2.50. The molecular weight excluding hydrogens is 146 g/mol. The van der Waals surface area contributed by atoms with E-state index in [0.29, 0.717) is 5.75 Å². The lowest BCUT2D eigenvalue weighted by Crippen LogP contribution is -1.78. The minimum atomic E-state index is 0.393. The lowest BCUT2D eigenvalue weighted by atomic mass is 10.5. The molecule has 0 fully saturated rings.